The van der Waals surface area contributed by atoms with Crippen LogP contribution < -0.4 is 5.32 Å². The predicted octanol–water partition coefficient (Wildman–Crippen LogP) is 5.73. The maximum Gasteiger partial charge on any atom is 0.328 e. The molecule has 3 rings (SSSR count). The van der Waals surface area contributed by atoms with Crippen molar-refractivity contribution in [3.63, 3.8) is 0 Å². The molecule has 0 aliphatic heterocycles. The molecular formula is C30H35NO4. The normalized spacial score (nSPS) is 12.4. The Hall–Kier alpha value is -3.70. The van der Waals surface area contributed by atoms with Gasteiger partial charge >= 0.3 is 11.9 Å². The maximum absolute atomic E-state index is 9.55. The topological polar surface area (TPSA) is 86.6 Å². The Morgan fingerprint density at radius 2 is 1.26 bits per heavy atom. The van der Waals surface area contributed by atoms with Crippen LogP contribution in [0.5, 0.6) is 0 Å². The minimum absolute atomic E-state index is 0.479. The number of nitrogens with one attached hydrogen (secondary N) is 1. The lowest BCUT2D eigenvalue weighted by Crippen LogP contribution is -2.32. The van der Waals surface area contributed by atoms with Crippen LogP contribution in [0, 0.1) is 0 Å². The molecular weight excluding hydrogens is 438 g/mol. The second-order valence-corrected chi connectivity index (χ2v) is 8.49. The molecule has 0 aromatic heterocycles. The van der Waals surface area contributed by atoms with Gasteiger partial charge in [-0.3, -0.25) is 0 Å². The third-order valence-corrected chi connectivity index (χ3v) is 5.60. The molecule has 0 amide bonds. The van der Waals surface area contributed by atoms with Crippen LogP contribution in [0.4, 0.5) is 0 Å². The van der Waals surface area contributed by atoms with E-state index in [1.54, 1.807) is 0 Å². The van der Waals surface area contributed by atoms with Gasteiger partial charge in [-0.25, -0.2) is 9.59 Å². The number of aliphatic carboxylic acids is 2. The smallest absolute Gasteiger partial charge is 0.328 e. The molecule has 0 radical (unpaired) electrons. The van der Waals surface area contributed by atoms with Crippen LogP contribution in [0.2, 0.25) is 0 Å². The largest absolute Gasteiger partial charge is 0.478 e. The van der Waals surface area contributed by atoms with Gasteiger partial charge in [0.15, 0.2) is 0 Å². The number of aryl methyl sites for hydroxylation is 1. The fourth-order valence-electron chi connectivity index (χ4n) is 3.83. The van der Waals surface area contributed by atoms with Crippen molar-refractivity contribution in [2.45, 2.75) is 44.6 Å². The van der Waals surface area contributed by atoms with Crippen LogP contribution in [0.25, 0.3) is 0 Å². The van der Waals surface area contributed by atoms with Crippen molar-refractivity contribution < 1.29 is 19.8 Å². The fraction of sp³-hybridized carbons (Fsp3) is 0.267. The van der Waals surface area contributed by atoms with Crippen molar-refractivity contribution in [2.24, 2.45) is 0 Å². The highest BCUT2D eigenvalue weighted by Gasteiger charge is 2.13. The molecule has 2 atom stereocenters. The van der Waals surface area contributed by atoms with Gasteiger partial charge in [0, 0.05) is 24.7 Å². The summed E-state index contributed by atoms with van der Waals surface area (Å²) in [5, 5.41) is 19.4. The van der Waals surface area contributed by atoms with Crippen molar-refractivity contribution >= 4 is 11.9 Å². The van der Waals surface area contributed by atoms with Crippen LogP contribution in [0.1, 0.15) is 42.4 Å². The van der Waals surface area contributed by atoms with Crippen molar-refractivity contribution in [1.29, 1.82) is 0 Å². The maximum atomic E-state index is 9.55. The average molecular weight is 474 g/mol. The van der Waals surface area contributed by atoms with E-state index in [2.05, 4.69) is 103 Å². The summed E-state index contributed by atoms with van der Waals surface area (Å²) in [5.41, 5.74) is 4.29. The fourth-order valence-corrected chi connectivity index (χ4v) is 3.83. The first-order valence-corrected chi connectivity index (χ1v) is 11.9. The zero-order valence-corrected chi connectivity index (χ0v) is 20.2. The van der Waals surface area contributed by atoms with Crippen molar-refractivity contribution in [3.8, 4) is 0 Å². The van der Waals surface area contributed by atoms with Gasteiger partial charge in [-0.2, -0.15) is 0 Å². The Morgan fingerprint density at radius 1 is 0.771 bits per heavy atom. The number of rotatable bonds is 12. The highest BCUT2D eigenvalue weighted by atomic mass is 16.4. The van der Waals surface area contributed by atoms with Gasteiger partial charge in [0.2, 0.25) is 0 Å². The average Bonchev–Trinajstić information content (AvgIpc) is 2.87. The third kappa shape index (κ3) is 12.4. The molecule has 0 saturated heterocycles. The molecule has 2 unspecified atom stereocenters. The van der Waals surface area contributed by atoms with Gasteiger partial charge < -0.3 is 15.5 Å². The lowest BCUT2D eigenvalue weighted by molar-refractivity contribution is -0.134. The molecule has 0 aliphatic carbocycles. The second kappa shape index (κ2) is 16.0. The van der Waals surface area contributed by atoms with Crippen LogP contribution >= 0.6 is 0 Å². The van der Waals surface area contributed by atoms with E-state index in [1.807, 2.05) is 0 Å². The van der Waals surface area contributed by atoms with E-state index in [0.29, 0.717) is 24.1 Å². The molecule has 0 saturated carbocycles. The minimum atomic E-state index is -1.26. The molecule has 3 N–H and O–H groups in total. The van der Waals surface area contributed by atoms with E-state index >= 15 is 0 Å². The number of carbonyl (C=O) groups is 2. The van der Waals surface area contributed by atoms with E-state index in [4.69, 9.17) is 10.2 Å². The molecule has 0 fully saturated rings. The summed E-state index contributed by atoms with van der Waals surface area (Å²) >= 11 is 0. The van der Waals surface area contributed by atoms with Gasteiger partial charge in [-0.05, 0) is 55.2 Å². The van der Waals surface area contributed by atoms with E-state index in [0.717, 1.165) is 19.4 Å². The monoisotopic (exact) mass is 473 g/mol. The number of carboxylic acid groups (broad SMARTS) is 2. The Kier molecular flexibility index (Phi) is 12.6. The zero-order valence-electron chi connectivity index (χ0n) is 20.2. The van der Waals surface area contributed by atoms with E-state index in [-0.39, 0.29) is 0 Å². The lowest BCUT2D eigenvalue weighted by Gasteiger charge is -2.21. The van der Waals surface area contributed by atoms with Crippen molar-refractivity contribution in [1.82, 2.24) is 5.32 Å². The van der Waals surface area contributed by atoms with Gasteiger partial charge in [0.25, 0.3) is 0 Å². The standard InChI is InChI=1S/C26H31N.C4H4O4/c1-22(20-24-14-7-3-8-15-24)27-21-26(25-17-9-4-10-18-25)19-11-16-23-12-5-2-6-13-23;5-3(6)1-2-4(7)8/h2-10,12-15,17-18,22,26-27H,11,16,19-21H2,1H3;1-2H,(H,5,6)(H,7,8)/b;2-1-. The first kappa shape index (κ1) is 27.5. The Morgan fingerprint density at radius 3 is 1.77 bits per heavy atom. The van der Waals surface area contributed by atoms with Crippen LogP contribution in [-0.2, 0) is 22.4 Å². The molecule has 5 nitrogen and oxygen atoms in total. The molecule has 5 heteroatoms. The lowest BCUT2D eigenvalue weighted by atomic mass is 9.92. The number of hydrogen-bond donors (Lipinski definition) is 3. The number of benzene rings is 3. The van der Waals surface area contributed by atoms with Crippen LogP contribution in [0.3, 0.4) is 0 Å². The molecule has 0 bridgehead atoms. The van der Waals surface area contributed by atoms with Crippen molar-refractivity contribution in [3.05, 3.63) is 120 Å². The van der Waals surface area contributed by atoms with E-state index in [9.17, 15) is 9.59 Å². The number of hydrogen-bond acceptors (Lipinski definition) is 3. The molecule has 0 heterocycles. The zero-order chi connectivity index (χ0) is 25.3. The number of carboxylic acids is 2. The van der Waals surface area contributed by atoms with Gasteiger partial charge in [0.05, 0.1) is 0 Å². The molecule has 3 aromatic rings. The third-order valence-electron chi connectivity index (χ3n) is 5.60. The summed E-state index contributed by atoms with van der Waals surface area (Å²) in [5.74, 6) is -1.95. The van der Waals surface area contributed by atoms with Crippen LogP contribution in [0.15, 0.2) is 103 Å². The van der Waals surface area contributed by atoms with Gasteiger partial charge in [-0.15, -0.1) is 0 Å². The predicted molar refractivity (Wildman–Crippen MR) is 141 cm³/mol. The SMILES string of the molecule is CC(Cc1ccccc1)NCC(CCCc1ccccc1)c1ccccc1.O=C(O)/C=C\C(=O)O. The van der Waals surface area contributed by atoms with E-state index < -0.39 is 11.9 Å². The van der Waals surface area contributed by atoms with Crippen LogP contribution in [-0.4, -0.2) is 34.7 Å². The highest BCUT2D eigenvalue weighted by molar-refractivity contribution is 5.89. The molecule has 3 aromatic carbocycles. The summed E-state index contributed by atoms with van der Waals surface area (Å²) in [6, 6.07) is 33.0. The Bertz CT molecular complexity index is 1000. The minimum Gasteiger partial charge on any atom is -0.478 e. The van der Waals surface area contributed by atoms with Gasteiger partial charge in [0.1, 0.15) is 0 Å². The molecule has 0 aliphatic rings. The Labute approximate surface area is 208 Å². The first-order valence-electron chi connectivity index (χ1n) is 11.9. The summed E-state index contributed by atoms with van der Waals surface area (Å²) in [7, 11) is 0. The highest BCUT2D eigenvalue weighted by Crippen LogP contribution is 2.22. The van der Waals surface area contributed by atoms with Gasteiger partial charge in [-0.1, -0.05) is 91.0 Å². The summed E-state index contributed by atoms with van der Waals surface area (Å²) in [4.78, 5) is 19.1. The molecule has 0 spiro atoms. The Balaban J connectivity index is 0.000000466. The quantitative estimate of drug-likeness (QED) is 0.293. The summed E-state index contributed by atoms with van der Waals surface area (Å²) < 4.78 is 0. The molecule has 184 valence electrons. The second-order valence-electron chi connectivity index (χ2n) is 8.49. The first-order chi connectivity index (χ1) is 16.9. The molecule has 35 heavy (non-hydrogen) atoms. The van der Waals surface area contributed by atoms with E-state index in [1.165, 1.54) is 29.5 Å². The van der Waals surface area contributed by atoms with Crippen molar-refractivity contribution in [2.75, 3.05) is 6.54 Å². The summed E-state index contributed by atoms with van der Waals surface area (Å²) in [6.07, 6.45) is 5.78. The summed E-state index contributed by atoms with van der Waals surface area (Å²) in [6.45, 7) is 3.33.